The highest BCUT2D eigenvalue weighted by Gasteiger charge is 2.18. The highest BCUT2D eigenvalue weighted by Crippen LogP contribution is 2.24. The fourth-order valence-corrected chi connectivity index (χ4v) is 4.27. The van der Waals surface area contributed by atoms with E-state index in [9.17, 15) is 14.0 Å². The summed E-state index contributed by atoms with van der Waals surface area (Å²) in [6.45, 7) is 3.86. The van der Waals surface area contributed by atoms with E-state index in [4.69, 9.17) is 0 Å². The lowest BCUT2D eigenvalue weighted by Gasteiger charge is -2.13. The number of hydrogen-bond donors (Lipinski definition) is 0. The van der Waals surface area contributed by atoms with Crippen LogP contribution in [0, 0.1) is 19.7 Å². The Hall–Kier alpha value is -3.19. The molecule has 152 valence electrons. The topological polar surface area (TPSA) is 56.9 Å². The molecule has 0 N–H and O–H groups in total. The minimum absolute atomic E-state index is 0.0331. The maximum absolute atomic E-state index is 13.4. The summed E-state index contributed by atoms with van der Waals surface area (Å²) in [6.07, 6.45) is 0. The van der Waals surface area contributed by atoms with Gasteiger partial charge in [0.1, 0.15) is 5.82 Å². The van der Waals surface area contributed by atoms with E-state index in [-0.39, 0.29) is 22.9 Å². The number of ketones is 1. The van der Waals surface area contributed by atoms with E-state index in [1.54, 1.807) is 18.2 Å². The number of Topliss-reactive ketones (excluding diaryl/α,β-unsaturated/α-hetero) is 1. The van der Waals surface area contributed by atoms with Gasteiger partial charge in [-0.15, -0.1) is 0 Å². The van der Waals surface area contributed by atoms with Crippen molar-refractivity contribution in [2.45, 2.75) is 19.0 Å². The molecule has 0 unspecified atom stereocenters. The van der Waals surface area contributed by atoms with Crippen LogP contribution in [0.4, 0.5) is 4.39 Å². The zero-order chi connectivity index (χ0) is 21.4. The molecule has 0 fully saturated rings. The van der Waals surface area contributed by atoms with E-state index >= 15 is 0 Å². The second-order valence-electron chi connectivity index (χ2n) is 7.08. The first-order chi connectivity index (χ1) is 14.4. The van der Waals surface area contributed by atoms with E-state index in [0.29, 0.717) is 27.3 Å². The molecule has 2 aromatic heterocycles. The van der Waals surface area contributed by atoms with Crippen LogP contribution in [0.5, 0.6) is 0 Å². The largest absolute Gasteiger partial charge is 0.351 e. The summed E-state index contributed by atoms with van der Waals surface area (Å²) in [5.41, 5.74) is 3.38. The number of halogens is 1. The number of carbonyl (C=O) groups is 1. The summed E-state index contributed by atoms with van der Waals surface area (Å²) in [4.78, 5) is 30.6. The molecule has 0 radical (unpaired) electrons. The Kier molecular flexibility index (Phi) is 5.30. The van der Waals surface area contributed by atoms with Crippen LogP contribution in [-0.4, -0.2) is 25.7 Å². The van der Waals surface area contributed by atoms with Crippen LogP contribution in [0.3, 0.4) is 0 Å². The van der Waals surface area contributed by atoms with Gasteiger partial charge in [-0.25, -0.2) is 9.37 Å². The molecule has 0 saturated carbocycles. The summed E-state index contributed by atoms with van der Waals surface area (Å²) < 4.78 is 16.8. The zero-order valence-corrected chi connectivity index (χ0v) is 17.7. The fraction of sp³-hybridized carbons (Fsp3) is 0.174. The molecule has 0 bridgehead atoms. The zero-order valence-electron chi connectivity index (χ0n) is 16.8. The number of nitrogens with zero attached hydrogens (tertiary/aromatic N) is 3. The Morgan fingerprint density at radius 3 is 2.47 bits per heavy atom. The molecular weight excluding hydrogens is 401 g/mol. The Morgan fingerprint density at radius 1 is 1.10 bits per heavy atom. The van der Waals surface area contributed by atoms with Gasteiger partial charge < -0.3 is 4.57 Å². The number of para-hydroxylation sites is 1. The standard InChI is InChI=1S/C23H20FN3O2S/c1-14-12-19(15(2)26(14)3)21(28)13-30-23-25-20-7-5-4-6-18(20)22(29)27(23)17-10-8-16(24)9-11-17/h4-12H,13H2,1-3H3. The van der Waals surface area contributed by atoms with Crippen LogP contribution in [0.2, 0.25) is 0 Å². The van der Waals surface area contributed by atoms with Crippen molar-refractivity contribution in [3.8, 4) is 5.69 Å². The molecule has 0 aliphatic rings. The molecule has 7 heteroatoms. The fourth-order valence-electron chi connectivity index (χ4n) is 3.37. The molecule has 0 spiro atoms. The smallest absolute Gasteiger partial charge is 0.266 e. The minimum atomic E-state index is -0.389. The molecule has 0 aliphatic heterocycles. The van der Waals surface area contributed by atoms with Crippen molar-refractivity contribution < 1.29 is 9.18 Å². The average molecular weight is 421 g/mol. The lowest BCUT2D eigenvalue weighted by atomic mass is 10.2. The van der Waals surface area contributed by atoms with Gasteiger partial charge in [0.2, 0.25) is 0 Å². The number of rotatable bonds is 5. The number of thioether (sulfide) groups is 1. The van der Waals surface area contributed by atoms with Gasteiger partial charge in [0, 0.05) is 24.0 Å². The third kappa shape index (κ3) is 3.57. The van der Waals surface area contributed by atoms with Crippen LogP contribution in [0.25, 0.3) is 16.6 Å². The number of benzene rings is 2. The Balaban J connectivity index is 1.76. The van der Waals surface area contributed by atoms with E-state index in [0.717, 1.165) is 11.4 Å². The lowest BCUT2D eigenvalue weighted by molar-refractivity contribution is 0.102. The molecule has 0 saturated heterocycles. The molecule has 0 atom stereocenters. The second-order valence-corrected chi connectivity index (χ2v) is 8.03. The Labute approximate surface area is 177 Å². The first kappa shape index (κ1) is 20.1. The SMILES string of the molecule is Cc1cc(C(=O)CSc2nc3ccccc3c(=O)n2-c2ccc(F)cc2)c(C)n1C. The van der Waals surface area contributed by atoms with E-state index in [1.807, 2.05) is 37.6 Å². The number of fused-ring (bicyclic) bond motifs is 1. The van der Waals surface area contributed by atoms with Crippen molar-refractivity contribution >= 4 is 28.4 Å². The minimum Gasteiger partial charge on any atom is -0.351 e. The van der Waals surface area contributed by atoms with Gasteiger partial charge in [-0.2, -0.15) is 0 Å². The predicted octanol–water partition coefficient (Wildman–Crippen LogP) is 4.46. The summed E-state index contributed by atoms with van der Waals surface area (Å²) >= 11 is 1.20. The number of aryl methyl sites for hydroxylation is 1. The third-order valence-electron chi connectivity index (χ3n) is 5.24. The first-order valence-electron chi connectivity index (χ1n) is 9.43. The number of carbonyl (C=O) groups excluding carboxylic acids is 1. The van der Waals surface area contributed by atoms with Gasteiger partial charge in [0.15, 0.2) is 10.9 Å². The molecule has 2 heterocycles. The molecular formula is C23H20FN3O2S. The van der Waals surface area contributed by atoms with E-state index < -0.39 is 0 Å². The van der Waals surface area contributed by atoms with E-state index in [2.05, 4.69) is 4.98 Å². The molecule has 0 amide bonds. The monoisotopic (exact) mass is 421 g/mol. The highest BCUT2D eigenvalue weighted by molar-refractivity contribution is 7.99. The van der Waals surface area contributed by atoms with Crippen molar-refractivity contribution in [3.63, 3.8) is 0 Å². The predicted molar refractivity (Wildman–Crippen MR) is 117 cm³/mol. The van der Waals surface area contributed by atoms with Crippen LogP contribution >= 0.6 is 11.8 Å². The molecule has 0 aliphatic carbocycles. The maximum Gasteiger partial charge on any atom is 0.266 e. The maximum atomic E-state index is 13.4. The van der Waals surface area contributed by atoms with Crippen molar-refractivity contribution in [2.24, 2.45) is 7.05 Å². The average Bonchev–Trinajstić information content (AvgIpc) is 3.00. The van der Waals surface area contributed by atoms with Gasteiger partial charge in [-0.3, -0.25) is 14.2 Å². The van der Waals surface area contributed by atoms with E-state index in [1.165, 1.54) is 40.6 Å². The Morgan fingerprint density at radius 2 is 1.80 bits per heavy atom. The second kappa shape index (κ2) is 7.91. The van der Waals surface area contributed by atoms with Gasteiger partial charge >= 0.3 is 0 Å². The normalized spacial score (nSPS) is 11.2. The highest BCUT2D eigenvalue weighted by atomic mass is 32.2. The van der Waals surface area contributed by atoms with Gasteiger partial charge in [0.05, 0.1) is 22.3 Å². The van der Waals surface area contributed by atoms with Gasteiger partial charge in [-0.1, -0.05) is 23.9 Å². The van der Waals surface area contributed by atoms with Crippen molar-refractivity contribution in [2.75, 3.05) is 5.75 Å². The molecule has 4 aromatic rings. The van der Waals surface area contributed by atoms with Crippen molar-refractivity contribution in [1.82, 2.24) is 14.1 Å². The Bertz CT molecular complexity index is 1320. The molecule has 30 heavy (non-hydrogen) atoms. The van der Waals surface area contributed by atoms with Gasteiger partial charge in [-0.05, 0) is 56.3 Å². The molecule has 4 rings (SSSR count). The molecule has 2 aromatic carbocycles. The number of aromatic nitrogens is 3. The third-order valence-corrected chi connectivity index (χ3v) is 6.18. The summed E-state index contributed by atoms with van der Waals surface area (Å²) in [6, 6.07) is 14.6. The van der Waals surface area contributed by atoms with Crippen LogP contribution < -0.4 is 5.56 Å². The number of hydrogen-bond acceptors (Lipinski definition) is 4. The molecule has 5 nitrogen and oxygen atoms in total. The quantitative estimate of drug-likeness (QED) is 0.271. The first-order valence-corrected chi connectivity index (χ1v) is 10.4. The summed E-state index contributed by atoms with van der Waals surface area (Å²) in [5, 5.41) is 0.857. The van der Waals surface area contributed by atoms with Crippen LogP contribution in [0.15, 0.2) is 64.5 Å². The van der Waals surface area contributed by atoms with Gasteiger partial charge in [0.25, 0.3) is 5.56 Å². The summed E-state index contributed by atoms with van der Waals surface area (Å²) in [5.74, 6) is -0.287. The summed E-state index contributed by atoms with van der Waals surface area (Å²) in [7, 11) is 1.92. The van der Waals surface area contributed by atoms with Crippen LogP contribution in [-0.2, 0) is 7.05 Å². The van der Waals surface area contributed by atoms with Crippen LogP contribution in [0.1, 0.15) is 21.7 Å². The lowest BCUT2D eigenvalue weighted by Crippen LogP contribution is -2.22. The van der Waals surface area contributed by atoms with Crippen molar-refractivity contribution in [3.05, 3.63) is 87.7 Å². The van der Waals surface area contributed by atoms with Crippen molar-refractivity contribution in [1.29, 1.82) is 0 Å².